The van der Waals surface area contributed by atoms with E-state index in [1.165, 1.54) is 31.0 Å². The summed E-state index contributed by atoms with van der Waals surface area (Å²) in [6, 6.07) is 5.57. The monoisotopic (exact) mass is 396 g/mol. The molecule has 5 nitrogen and oxygen atoms in total. The van der Waals surface area contributed by atoms with E-state index in [0.717, 1.165) is 17.9 Å². The summed E-state index contributed by atoms with van der Waals surface area (Å²) in [5.41, 5.74) is 0.733. The van der Waals surface area contributed by atoms with Crippen LogP contribution in [0.3, 0.4) is 0 Å². The summed E-state index contributed by atoms with van der Waals surface area (Å²) in [5.74, 6) is 2.44. The number of nitrogens with zero attached hydrogens (tertiary/aromatic N) is 2. The molecule has 0 radical (unpaired) electrons. The molecule has 1 amide bonds. The first kappa shape index (κ1) is 17.2. The van der Waals surface area contributed by atoms with Gasteiger partial charge in [0, 0.05) is 16.6 Å². The average Bonchev–Trinajstić information content (AvgIpc) is 3.29. The van der Waals surface area contributed by atoms with E-state index in [9.17, 15) is 4.79 Å². The highest BCUT2D eigenvalue weighted by molar-refractivity contribution is 7.99. The fraction of sp³-hybridized carbons (Fsp3) is 0.471. The van der Waals surface area contributed by atoms with Gasteiger partial charge in [-0.1, -0.05) is 41.4 Å². The van der Waals surface area contributed by atoms with Crippen molar-refractivity contribution in [2.45, 2.75) is 36.9 Å². The number of aromatic amines is 1. The van der Waals surface area contributed by atoms with Gasteiger partial charge in [-0.15, -0.1) is 5.10 Å². The summed E-state index contributed by atoms with van der Waals surface area (Å²) in [5, 5.41) is 11.8. The second kappa shape index (κ2) is 7.17. The topological polar surface area (TPSA) is 70.7 Å². The zero-order valence-electron chi connectivity index (χ0n) is 13.5. The van der Waals surface area contributed by atoms with Crippen LogP contribution in [-0.2, 0) is 4.79 Å². The second-order valence-corrected chi connectivity index (χ2v) is 8.51. The van der Waals surface area contributed by atoms with Gasteiger partial charge in [0.2, 0.25) is 11.1 Å². The summed E-state index contributed by atoms with van der Waals surface area (Å²) in [7, 11) is 0. The number of carbonyl (C=O) groups excluding carboxylic acids is 1. The Kier molecular flexibility index (Phi) is 4.93. The third kappa shape index (κ3) is 3.81. The Bertz CT molecular complexity index is 797. The maximum atomic E-state index is 12.2. The Hall–Kier alpha value is -1.24. The lowest BCUT2D eigenvalue weighted by Crippen LogP contribution is -2.39. The number of fused-ring (bicyclic) bond motifs is 2. The van der Waals surface area contributed by atoms with Crippen molar-refractivity contribution >= 4 is 40.9 Å². The number of amides is 1. The van der Waals surface area contributed by atoms with E-state index in [1.807, 2.05) is 0 Å². The van der Waals surface area contributed by atoms with Crippen LogP contribution in [0, 0.1) is 11.8 Å². The van der Waals surface area contributed by atoms with Gasteiger partial charge in [0.25, 0.3) is 0 Å². The fourth-order valence-electron chi connectivity index (χ4n) is 3.91. The van der Waals surface area contributed by atoms with E-state index < -0.39 is 0 Å². The summed E-state index contributed by atoms with van der Waals surface area (Å²) < 4.78 is 0. The Morgan fingerprint density at radius 2 is 2.20 bits per heavy atom. The molecule has 4 rings (SSSR count). The quantitative estimate of drug-likeness (QED) is 0.743. The average molecular weight is 397 g/mol. The highest BCUT2D eigenvalue weighted by Gasteiger charge is 2.39. The van der Waals surface area contributed by atoms with Gasteiger partial charge in [0.1, 0.15) is 0 Å². The van der Waals surface area contributed by atoms with Crippen molar-refractivity contribution < 1.29 is 4.79 Å². The summed E-state index contributed by atoms with van der Waals surface area (Å²) in [6.45, 7) is 0. The number of thioether (sulfide) groups is 1. The van der Waals surface area contributed by atoms with E-state index in [2.05, 4.69) is 20.5 Å². The molecular formula is C17H18Cl2N4OS. The molecule has 0 spiro atoms. The second-order valence-electron chi connectivity index (χ2n) is 6.73. The van der Waals surface area contributed by atoms with Gasteiger partial charge in [-0.3, -0.25) is 9.89 Å². The first-order chi connectivity index (χ1) is 12.1. The van der Waals surface area contributed by atoms with Gasteiger partial charge in [-0.25, -0.2) is 4.98 Å². The van der Waals surface area contributed by atoms with Gasteiger partial charge in [0.15, 0.2) is 5.82 Å². The molecule has 0 unspecified atom stereocenters. The van der Waals surface area contributed by atoms with Gasteiger partial charge >= 0.3 is 0 Å². The number of hydrogen-bond acceptors (Lipinski definition) is 4. The van der Waals surface area contributed by atoms with E-state index in [1.54, 1.807) is 18.2 Å². The molecule has 2 aromatic rings. The first-order valence-electron chi connectivity index (χ1n) is 8.38. The predicted octanol–water partition coefficient (Wildman–Crippen LogP) is 4.18. The van der Waals surface area contributed by atoms with Crippen LogP contribution >= 0.6 is 35.0 Å². The minimum atomic E-state index is 0.0541. The number of carbonyl (C=O) groups is 1. The van der Waals surface area contributed by atoms with E-state index in [4.69, 9.17) is 23.2 Å². The van der Waals surface area contributed by atoms with Crippen LogP contribution in [0.1, 0.15) is 25.7 Å². The molecule has 2 bridgehead atoms. The predicted molar refractivity (Wildman–Crippen MR) is 99.9 cm³/mol. The summed E-state index contributed by atoms with van der Waals surface area (Å²) >= 11 is 13.4. The zero-order chi connectivity index (χ0) is 17.4. The number of nitrogens with one attached hydrogen (secondary N) is 2. The molecule has 1 aromatic heterocycles. The fourth-order valence-corrected chi connectivity index (χ4v) is 5.02. The molecule has 0 saturated heterocycles. The lowest BCUT2D eigenvalue weighted by molar-refractivity contribution is -0.119. The molecule has 2 aliphatic carbocycles. The molecule has 2 N–H and O–H groups in total. The van der Waals surface area contributed by atoms with E-state index in [-0.39, 0.29) is 5.91 Å². The normalized spacial score (nSPS) is 24.6. The van der Waals surface area contributed by atoms with Crippen LogP contribution in [0.25, 0.3) is 11.4 Å². The van der Waals surface area contributed by atoms with Crippen LogP contribution in [0.2, 0.25) is 10.0 Å². The van der Waals surface area contributed by atoms with Crippen molar-refractivity contribution in [2.75, 3.05) is 5.75 Å². The highest BCUT2D eigenvalue weighted by Crippen LogP contribution is 2.44. The zero-order valence-corrected chi connectivity index (χ0v) is 15.8. The van der Waals surface area contributed by atoms with Crippen LogP contribution in [0.4, 0.5) is 0 Å². The van der Waals surface area contributed by atoms with Crippen LogP contribution in [0.5, 0.6) is 0 Å². The number of benzene rings is 1. The highest BCUT2D eigenvalue weighted by atomic mass is 35.5. The number of hydrogen-bond donors (Lipinski definition) is 2. The smallest absolute Gasteiger partial charge is 0.230 e. The molecule has 2 fully saturated rings. The molecular weight excluding hydrogens is 379 g/mol. The summed E-state index contributed by atoms with van der Waals surface area (Å²) in [4.78, 5) is 16.6. The largest absolute Gasteiger partial charge is 0.352 e. The van der Waals surface area contributed by atoms with Gasteiger partial charge in [-0.2, -0.15) is 0 Å². The van der Waals surface area contributed by atoms with Crippen LogP contribution < -0.4 is 5.32 Å². The van der Waals surface area contributed by atoms with Crippen molar-refractivity contribution in [1.82, 2.24) is 20.5 Å². The minimum Gasteiger partial charge on any atom is -0.352 e. The molecule has 1 aromatic carbocycles. The number of aromatic nitrogens is 3. The van der Waals surface area contributed by atoms with Crippen molar-refractivity contribution in [2.24, 2.45) is 11.8 Å². The molecule has 8 heteroatoms. The Labute approximate surface area is 160 Å². The molecule has 0 aliphatic heterocycles. The maximum absolute atomic E-state index is 12.2. The van der Waals surface area contributed by atoms with Gasteiger partial charge in [0.05, 0.1) is 10.8 Å². The third-order valence-corrected chi connectivity index (χ3v) is 6.46. The van der Waals surface area contributed by atoms with Crippen molar-refractivity contribution in [3.63, 3.8) is 0 Å². The Morgan fingerprint density at radius 1 is 1.32 bits per heavy atom. The van der Waals surface area contributed by atoms with Gasteiger partial charge < -0.3 is 5.32 Å². The van der Waals surface area contributed by atoms with E-state index >= 15 is 0 Å². The molecule has 3 atom stereocenters. The first-order valence-corrected chi connectivity index (χ1v) is 10.1. The molecule has 1 heterocycles. The van der Waals surface area contributed by atoms with Crippen LogP contribution in [0.15, 0.2) is 23.4 Å². The molecule has 132 valence electrons. The van der Waals surface area contributed by atoms with Gasteiger partial charge in [-0.05, 0) is 49.3 Å². The standard InChI is InChI=1S/C17H18Cl2N4OS/c18-11-3-4-12(13(19)7-11)16-21-17(23-22-16)25-8-15(24)20-14-6-9-1-2-10(14)5-9/h3-4,7,9-10,14H,1-2,5-6,8H2,(H,20,24)(H,21,22,23)/t9-,10-,14-/m0/s1. The number of H-pyrrole nitrogens is 1. The number of rotatable bonds is 5. The lowest BCUT2D eigenvalue weighted by Gasteiger charge is -2.22. The Balaban J connectivity index is 1.33. The SMILES string of the molecule is O=C(CSc1n[nH]c(-c2ccc(Cl)cc2Cl)n1)N[C@H]1C[C@H]2CC[C@H]1C2. The molecule has 2 aliphatic rings. The van der Waals surface area contributed by atoms with E-state index in [0.29, 0.717) is 38.7 Å². The molecule has 2 saturated carbocycles. The summed E-state index contributed by atoms with van der Waals surface area (Å²) in [6.07, 6.45) is 5.01. The maximum Gasteiger partial charge on any atom is 0.230 e. The number of halogens is 2. The Morgan fingerprint density at radius 3 is 2.92 bits per heavy atom. The minimum absolute atomic E-state index is 0.0541. The lowest BCUT2D eigenvalue weighted by atomic mass is 9.95. The van der Waals surface area contributed by atoms with Crippen molar-refractivity contribution in [3.05, 3.63) is 28.2 Å². The molecule has 25 heavy (non-hydrogen) atoms. The van der Waals surface area contributed by atoms with Crippen LogP contribution in [-0.4, -0.2) is 32.9 Å². The van der Waals surface area contributed by atoms with Crippen molar-refractivity contribution in [3.8, 4) is 11.4 Å². The van der Waals surface area contributed by atoms with Crippen molar-refractivity contribution in [1.29, 1.82) is 0 Å². The third-order valence-electron chi connectivity index (χ3n) is 5.07.